The van der Waals surface area contributed by atoms with Gasteiger partial charge in [-0.2, -0.15) is 0 Å². The third kappa shape index (κ3) is 2.88. The molecule has 0 radical (unpaired) electrons. The van der Waals surface area contributed by atoms with Crippen molar-refractivity contribution < 1.29 is 18.7 Å². The first kappa shape index (κ1) is 19.3. The van der Waals surface area contributed by atoms with Crippen molar-refractivity contribution in [1.29, 1.82) is 0 Å². The molecule has 2 bridgehead atoms. The number of nitrogens with one attached hydrogen (secondary N) is 2. The number of carbonyl (C=O) groups is 2. The SMILES string of the molecule is O=C(Nc1cccc(F)c1)[C@@H]1[C@H]2C(=O)N(CCc3c[nH]c4ccccc34)C[C@@]23C=C[C@H]1O3. The van der Waals surface area contributed by atoms with E-state index in [-0.39, 0.29) is 11.8 Å². The standard InChI is InChI=1S/C25H22FN3O3/c26-16-4-3-5-17(12-16)28-23(30)21-20-8-10-25(32-20)14-29(24(31)22(21)25)11-9-15-13-27-19-7-2-1-6-18(15)19/h1-8,10,12-13,20-22,27H,9,11,14H2,(H,28,30)/t20-,21+,22+,25+/m1/s1. The van der Waals surface area contributed by atoms with Crippen molar-refractivity contribution in [2.75, 3.05) is 18.4 Å². The van der Waals surface area contributed by atoms with Crippen molar-refractivity contribution in [2.24, 2.45) is 11.8 Å². The Hall–Kier alpha value is -3.45. The van der Waals surface area contributed by atoms with Gasteiger partial charge in [0.25, 0.3) is 0 Å². The van der Waals surface area contributed by atoms with Gasteiger partial charge in [-0.3, -0.25) is 9.59 Å². The molecule has 2 N–H and O–H groups in total. The molecule has 6 nitrogen and oxygen atoms in total. The van der Waals surface area contributed by atoms with E-state index in [2.05, 4.69) is 16.4 Å². The Morgan fingerprint density at radius 3 is 3.00 bits per heavy atom. The van der Waals surface area contributed by atoms with E-state index in [1.807, 2.05) is 36.5 Å². The number of carbonyl (C=O) groups excluding carboxylic acids is 2. The third-order valence-electron chi connectivity index (χ3n) is 6.90. The smallest absolute Gasteiger partial charge is 0.231 e. The molecule has 1 aromatic heterocycles. The number of nitrogens with zero attached hydrogens (tertiary/aromatic N) is 1. The number of likely N-dealkylation sites (tertiary alicyclic amines) is 1. The summed E-state index contributed by atoms with van der Waals surface area (Å²) in [6.07, 6.45) is 6.09. The number of fused-ring (bicyclic) bond motifs is 2. The maximum Gasteiger partial charge on any atom is 0.231 e. The maximum atomic E-state index is 13.5. The Labute approximate surface area is 184 Å². The minimum Gasteiger partial charge on any atom is -0.361 e. The molecule has 2 aromatic carbocycles. The summed E-state index contributed by atoms with van der Waals surface area (Å²) < 4.78 is 19.7. The molecular formula is C25H22FN3O3. The lowest BCUT2D eigenvalue weighted by atomic mass is 9.77. The molecular weight excluding hydrogens is 409 g/mol. The number of ether oxygens (including phenoxy) is 1. The normalized spacial score (nSPS) is 28.0. The summed E-state index contributed by atoms with van der Waals surface area (Å²) in [6, 6.07) is 13.8. The molecule has 2 amide bonds. The van der Waals surface area contributed by atoms with Gasteiger partial charge in [-0.05, 0) is 36.2 Å². The highest BCUT2D eigenvalue weighted by molar-refractivity contribution is 5.99. The van der Waals surface area contributed by atoms with Gasteiger partial charge >= 0.3 is 0 Å². The van der Waals surface area contributed by atoms with E-state index in [0.717, 1.165) is 16.5 Å². The van der Waals surface area contributed by atoms with Crippen LogP contribution < -0.4 is 5.32 Å². The minimum absolute atomic E-state index is 0.0592. The number of aromatic amines is 1. The predicted octanol–water partition coefficient (Wildman–Crippen LogP) is 3.27. The van der Waals surface area contributed by atoms with Gasteiger partial charge < -0.3 is 19.9 Å². The lowest BCUT2D eigenvalue weighted by molar-refractivity contribution is -0.135. The van der Waals surface area contributed by atoms with E-state index < -0.39 is 29.4 Å². The van der Waals surface area contributed by atoms with Crippen LogP contribution in [0.25, 0.3) is 10.9 Å². The van der Waals surface area contributed by atoms with Crippen molar-refractivity contribution in [1.82, 2.24) is 9.88 Å². The van der Waals surface area contributed by atoms with E-state index in [1.54, 1.807) is 11.0 Å². The zero-order valence-corrected chi connectivity index (χ0v) is 17.3. The van der Waals surface area contributed by atoms with Crippen LogP contribution in [0, 0.1) is 17.7 Å². The van der Waals surface area contributed by atoms with Crippen LogP contribution in [0.4, 0.5) is 10.1 Å². The second-order valence-corrected chi connectivity index (χ2v) is 8.77. The summed E-state index contributed by atoms with van der Waals surface area (Å²) in [4.78, 5) is 31.5. The van der Waals surface area contributed by atoms with Crippen LogP contribution in [0.5, 0.6) is 0 Å². The summed E-state index contributed by atoms with van der Waals surface area (Å²) in [7, 11) is 0. The molecule has 3 aliphatic heterocycles. The highest BCUT2D eigenvalue weighted by Crippen LogP contribution is 2.52. The zero-order valence-electron chi connectivity index (χ0n) is 17.3. The van der Waals surface area contributed by atoms with Gasteiger partial charge in [0.1, 0.15) is 11.4 Å². The number of H-pyrrole nitrogens is 1. The average Bonchev–Trinajstić information content (AvgIpc) is 3.52. The largest absolute Gasteiger partial charge is 0.361 e. The highest BCUT2D eigenvalue weighted by Gasteiger charge is 2.66. The van der Waals surface area contributed by atoms with Crippen LogP contribution in [0.15, 0.2) is 66.9 Å². The lowest BCUT2D eigenvalue weighted by Crippen LogP contribution is -2.41. The molecule has 2 fully saturated rings. The number of para-hydroxylation sites is 1. The molecule has 162 valence electrons. The van der Waals surface area contributed by atoms with Gasteiger partial charge in [0.05, 0.1) is 24.5 Å². The van der Waals surface area contributed by atoms with Crippen molar-refractivity contribution in [2.45, 2.75) is 18.1 Å². The van der Waals surface area contributed by atoms with Crippen LogP contribution in [0.1, 0.15) is 5.56 Å². The van der Waals surface area contributed by atoms with Gasteiger partial charge in [0.2, 0.25) is 11.8 Å². The fraction of sp³-hybridized carbons (Fsp3) is 0.280. The number of benzene rings is 2. The van der Waals surface area contributed by atoms with Crippen molar-refractivity contribution in [3.8, 4) is 0 Å². The number of rotatable bonds is 5. The van der Waals surface area contributed by atoms with E-state index >= 15 is 0 Å². The number of anilines is 1. The van der Waals surface area contributed by atoms with Crippen LogP contribution in [-0.2, 0) is 20.7 Å². The minimum atomic E-state index is -0.758. The van der Waals surface area contributed by atoms with Crippen molar-refractivity contribution in [3.63, 3.8) is 0 Å². The number of hydrogen-bond donors (Lipinski definition) is 2. The molecule has 7 heteroatoms. The number of amides is 2. The molecule has 4 heterocycles. The van der Waals surface area contributed by atoms with E-state index in [9.17, 15) is 14.0 Å². The predicted molar refractivity (Wildman–Crippen MR) is 117 cm³/mol. The Bertz CT molecular complexity index is 1270. The maximum absolute atomic E-state index is 13.5. The summed E-state index contributed by atoms with van der Waals surface area (Å²) in [5.41, 5.74) is 1.84. The first-order valence-corrected chi connectivity index (χ1v) is 10.8. The molecule has 3 aromatic rings. The number of hydrogen-bond acceptors (Lipinski definition) is 3. The van der Waals surface area contributed by atoms with Gasteiger partial charge in [0.15, 0.2) is 0 Å². The fourth-order valence-corrected chi connectivity index (χ4v) is 5.45. The quantitative estimate of drug-likeness (QED) is 0.609. The fourth-order valence-electron chi connectivity index (χ4n) is 5.45. The van der Waals surface area contributed by atoms with Gasteiger partial charge in [-0.25, -0.2) is 4.39 Å². The molecule has 6 rings (SSSR count). The summed E-state index contributed by atoms with van der Waals surface area (Å²) >= 11 is 0. The Morgan fingerprint density at radius 2 is 2.12 bits per heavy atom. The number of halogens is 1. The lowest BCUT2D eigenvalue weighted by Gasteiger charge is -2.23. The van der Waals surface area contributed by atoms with Crippen molar-refractivity contribution in [3.05, 3.63) is 78.3 Å². The Kier molecular flexibility index (Phi) is 4.23. The van der Waals surface area contributed by atoms with Crippen LogP contribution in [-0.4, -0.2) is 46.5 Å². The van der Waals surface area contributed by atoms with Gasteiger partial charge in [-0.15, -0.1) is 0 Å². The Balaban J connectivity index is 1.20. The van der Waals surface area contributed by atoms with Crippen LogP contribution in [0.3, 0.4) is 0 Å². The van der Waals surface area contributed by atoms with E-state index in [0.29, 0.717) is 25.2 Å². The van der Waals surface area contributed by atoms with Crippen molar-refractivity contribution >= 4 is 28.4 Å². The molecule has 0 aliphatic carbocycles. The Morgan fingerprint density at radius 1 is 1.25 bits per heavy atom. The summed E-state index contributed by atoms with van der Waals surface area (Å²) in [6.45, 7) is 0.995. The topological polar surface area (TPSA) is 74.4 Å². The average molecular weight is 431 g/mol. The first-order chi connectivity index (χ1) is 15.5. The molecule has 32 heavy (non-hydrogen) atoms. The molecule has 4 atom stereocenters. The molecule has 3 aliphatic rings. The monoisotopic (exact) mass is 431 g/mol. The second kappa shape index (κ2) is 7.03. The van der Waals surface area contributed by atoms with E-state index in [1.165, 1.54) is 18.2 Å². The summed E-state index contributed by atoms with van der Waals surface area (Å²) in [5.74, 6) is -1.99. The third-order valence-corrected chi connectivity index (χ3v) is 6.90. The van der Waals surface area contributed by atoms with Gasteiger partial charge in [-0.1, -0.05) is 36.4 Å². The van der Waals surface area contributed by atoms with Crippen LogP contribution in [0.2, 0.25) is 0 Å². The first-order valence-electron chi connectivity index (χ1n) is 10.8. The molecule has 0 unspecified atom stereocenters. The molecule has 1 spiro atoms. The zero-order chi connectivity index (χ0) is 21.9. The summed E-state index contributed by atoms with van der Waals surface area (Å²) in [5, 5.41) is 3.92. The molecule has 2 saturated heterocycles. The van der Waals surface area contributed by atoms with Gasteiger partial charge in [0, 0.05) is 29.3 Å². The molecule has 0 saturated carbocycles. The second-order valence-electron chi connectivity index (χ2n) is 8.77. The number of aromatic nitrogens is 1. The highest BCUT2D eigenvalue weighted by atomic mass is 19.1. The van der Waals surface area contributed by atoms with E-state index in [4.69, 9.17) is 4.74 Å². The van der Waals surface area contributed by atoms with Crippen LogP contribution >= 0.6 is 0 Å².